The molecule has 3 rings (SSSR count). The Balaban J connectivity index is 1.37. The molecule has 3 unspecified atom stereocenters. The summed E-state index contributed by atoms with van der Waals surface area (Å²) in [5.41, 5.74) is 0. The molecular formula is C19H32BrFO. The van der Waals surface area contributed by atoms with Crippen LogP contribution in [0, 0.1) is 17.8 Å². The molecule has 1 nitrogen and oxygen atoms in total. The van der Waals surface area contributed by atoms with Gasteiger partial charge < -0.3 is 4.74 Å². The van der Waals surface area contributed by atoms with Crippen LogP contribution in [0.5, 0.6) is 0 Å². The van der Waals surface area contributed by atoms with E-state index in [1.807, 2.05) is 0 Å². The molecule has 0 N–H and O–H groups in total. The van der Waals surface area contributed by atoms with Crippen molar-refractivity contribution in [3.05, 3.63) is 0 Å². The molecule has 0 bridgehead atoms. The average molecular weight is 375 g/mol. The van der Waals surface area contributed by atoms with Crippen molar-refractivity contribution >= 4 is 15.9 Å². The molecular weight excluding hydrogens is 343 g/mol. The fraction of sp³-hybridized carbons (Fsp3) is 1.00. The predicted molar refractivity (Wildman–Crippen MR) is 93.2 cm³/mol. The third-order valence-electron chi connectivity index (χ3n) is 6.38. The number of ether oxygens (including phenoxy) is 1. The summed E-state index contributed by atoms with van der Waals surface area (Å²) in [5.74, 6) is 1.76. The third kappa shape index (κ3) is 4.69. The van der Waals surface area contributed by atoms with Crippen molar-refractivity contribution in [2.45, 2.75) is 94.2 Å². The SMILES string of the molecule is FC1CC(Br)CCC1C1CCC(OCC2CCCCC2)CC1. The second-order valence-electron chi connectivity index (χ2n) is 7.96. The van der Waals surface area contributed by atoms with Crippen LogP contribution in [0.3, 0.4) is 0 Å². The van der Waals surface area contributed by atoms with E-state index in [-0.39, 0.29) is 0 Å². The van der Waals surface area contributed by atoms with Gasteiger partial charge in [-0.2, -0.15) is 0 Å². The number of rotatable bonds is 4. The van der Waals surface area contributed by atoms with Crippen LogP contribution in [-0.2, 0) is 4.74 Å². The summed E-state index contributed by atoms with van der Waals surface area (Å²) >= 11 is 3.59. The monoisotopic (exact) mass is 374 g/mol. The highest BCUT2D eigenvalue weighted by molar-refractivity contribution is 9.09. The first kappa shape index (κ1) is 17.2. The van der Waals surface area contributed by atoms with Crippen LogP contribution in [0.4, 0.5) is 4.39 Å². The minimum atomic E-state index is -0.581. The molecule has 0 aromatic carbocycles. The van der Waals surface area contributed by atoms with Gasteiger partial charge in [-0.15, -0.1) is 0 Å². The Morgan fingerprint density at radius 2 is 1.59 bits per heavy atom. The summed E-state index contributed by atoms with van der Waals surface area (Å²) in [6, 6.07) is 0. The summed E-state index contributed by atoms with van der Waals surface area (Å²) in [4.78, 5) is 0.411. The second kappa shape index (κ2) is 8.46. The van der Waals surface area contributed by atoms with Crippen LogP contribution in [0.1, 0.15) is 77.0 Å². The lowest BCUT2D eigenvalue weighted by Crippen LogP contribution is -2.35. The van der Waals surface area contributed by atoms with Crippen LogP contribution >= 0.6 is 15.9 Å². The van der Waals surface area contributed by atoms with Gasteiger partial charge in [0.25, 0.3) is 0 Å². The number of halogens is 2. The van der Waals surface area contributed by atoms with Crippen LogP contribution in [0.25, 0.3) is 0 Å². The van der Waals surface area contributed by atoms with Crippen molar-refractivity contribution in [1.82, 2.24) is 0 Å². The molecule has 3 heteroatoms. The van der Waals surface area contributed by atoms with Crippen LogP contribution in [0.15, 0.2) is 0 Å². The summed E-state index contributed by atoms with van der Waals surface area (Å²) in [6.07, 6.45) is 14.5. The minimum Gasteiger partial charge on any atom is -0.378 e. The molecule has 22 heavy (non-hydrogen) atoms. The largest absolute Gasteiger partial charge is 0.378 e. The number of hydrogen-bond donors (Lipinski definition) is 0. The highest BCUT2D eigenvalue weighted by atomic mass is 79.9. The quantitative estimate of drug-likeness (QED) is 0.544. The van der Waals surface area contributed by atoms with Gasteiger partial charge in [0.05, 0.1) is 6.10 Å². The maximum Gasteiger partial charge on any atom is 0.104 e. The Morgan fingerprint density at radius 3 is 2.27 bits per heavy atom. The molecule has 3 atom stereocenters. The van der Waals surface area contributed by atoms with Crippen molar-refractivity contribution in [2.75, 3.05) is 6.61 Å². The van der Waals surface area contributed by atoms with E-state index in [1.54, 1.807) is 0 Å². The summed E-state index contributed by atoms with van der Waals surface area (Å²) < 4.78 is 20.5. The zero-order valence-corrected chi connectivity index (χ0v) is 15.4. The number of alkyl halides is 2. The first-order chi connectivity index (χ1) is 10.7. The van der Waals surface area contributed by atoms with Gasteiger partial charge in [0.15, 0.2) is 0 Å². The van der Waals surface area contributed by atoms with Gasteiger partial charge in [-0.1, -0.05) is 35.2 Å². The van der Waals surface area contributed by atoms with Crippen molar-refractivity contribution in [3.63, 3.8) is 0 Å². The van der Waals surface area contributed by atoms with Gasteiger partial charge in [-0.3, -0.25) is 0 Å². The highest BCUT2D eigenvalue weighted by Crippen LogP contribution is 2.42. The molecule has 3 fully saturated rings. The third-order valence-corrected chi connectivity index (χ3v) is 7.21. The van der Waals surface area contributed by atoms with E-state index in [0.717, 1.165) is 31.8 Å². The molecule has 3 saturated carbocycles. The maximum absolute atomic E-state index is 14.3. The Hall–Kier alpha value is 0.370. The molecule has 0 aromatic rings. The topological polar surface area (TPSA) is 9.23 Å². The smallest absolute Gasteiger partial charge is 0.104 e. The molecule has 0 aromatic heterocycles. The Bertz CT molecular complexity index is 323. The van der Waals surface area contributed by atoms with Crippen molar-refractivity contribution in [2.24, 2.45) is 17.8 Å². The Labute approximate surface area is 143 Å². The molecule has 0 aliphatic heterocycles. The van der Waals surface area contributed by atoms with E-state index in [0.29, 0.717) is 22.8 Å². The predicted octanol–water partition coefficient (Wildman–Crippen LogP) is 6.04. The zero-order chi connectivity index (χ0) is 15.4. The van der Waals surface area contributed by atoms with Gasteiger partial charge >= 0.3 is 0 Å². The zero-order valence-electron chi connectivity index (χ0n) is 13.8. The van der Waals surface area contributed by atoms with Crippen LogP contribution in [0.2, 0.25) is 0 Å². The van der Waals surface area contributed by atoms with Crippen molar-refractivity contribution in [3.8, 4) is 0 Å². The molecule has 0 saturated heterocycles. The fourth-order valence-electron chi connectivity index (χ4n) is 4.93. The number of hydrogen-bond acceptors (Lipinski definition) is 1. The van der Waals surface area contributed by atoms with E-state index in [4.69, 9.17) is 4.74 Å². The van der Waals surface area contributed by atoms with Crippen molar-refractivity contribution < 1.29 is 9.13 Å². The summed E-state index contributed by atoms with van der Waals surface area (Å²) in [6.45, 7) is 0.982. The average Bonchev–Trinajstić information content (AvgIpc) is 2.55. The standard InChI is InChI=1S/C19H32BrFO/c20-16-8-11-18(19(21)12-16)15-6-9-17(10-7-15)22-13-14-4-2-1-3-5-14/h14-19H,1-13H2. The van der Waals surface area contributed by atoms with Crippen LogP contribution in [-0.4, -0.2) is 23.7 Å². The lowest BCUT2D eigenvalue weighted by atomic mass is 9.72. The Morgan fingerprint density at radius 1 is 0.864 bits per heavy atom. The minimum absolute atomic E-state index is 0.327. The first-order valence-electron chi connectivity index (χ1n) is 9.62. The van der Waals surface area contributed by atoms with E-state index in [1.165, 1.54) is 57.8 Å². The summed E-state index contributed by atoms with van der Waals surface area (Å²) in [5, 5.41) is 0. The van der Waals surface area contributed by atoms with E-state index < -0.39 is 6.17 Å². The molecule has 0 heterocycles. The van der Waals surface area contributed by atoms with Crippen LogP contribution < -0.4 is 0 Å². The lowest BCUT2D eigenvalue weighted by molar-refractivity contribution is -0.0199. The highest BCUT2D eigenvalue weighted by Gasteiger charge is 2.36. The Kier molecular flexibility index (Phi) is 6.62. The maximum atomic E-state index is 14.3. The van der Waals surface area contributed by atoms with E-state index >= 15 is 0 Å². The molecule has 0 amide bonds. The molecule has 0 radical (unpaired) electrons. The fourth-order valence-corrected chi connectivity index (χ4v) is 5.55. The lowest BCUT2D eigenvalue weighted by Gasteiger charge is -2.39. The van der Waals surface area contributed by atoms with Gasteiger partial charge in [0, 0.05) is 11.4 Å². The normalized spacial score (nSPS) is 41.5. The van der Waals surface area contributed by atoms with Gasteiger partial charge in [0.2, 0.25) is 0 Å². The second-order valence-corrected chi connectivity index (χ2v) is 9.26. The van der Waals surface area contributed by atoms with Gasteiger partial charge in [0.1, 0.15) is 6.17 Å². The molecule has 0 spiro atoms. The molecule has 128 valence electrons. The van der Waals surface area contributed by atoms with Crippen molar-refractivity contribution in [1.29, 1.82) is 0 Å². The molecule has 3 aliphatic carbocycles. The van der Waals surface area contributed by atoms with E-state index in [2.05, 4.69) is 15.9 Å². The summed E-state index contributed by atoms with van der Waals surface area (Å²) in [7, 11) is 0. The first-order valence-corrected chi connectivity index (χ1v) is 10.5. The van der Waals surface area contributed by atoms with E-state index in [9.17, 15) is 4.39 Å². The molecule has 3 aliphatic rings. The van der Waals surface area contributed by atoms with Gasteiger partial charge in [-0.05, 0) is 75.5 Å². The van der Waals surface area contributed by atoms with Gasteiger partial charge in [-0.25, -0.2) is 4.39 Å².